The number of rotatable bonds is 7. The number of hydrogen-bond acceptors (Lipinski definition) is 0. The molecule has 1 aromatic heterocycles. The quantitative estimate of drug-likeness (QED) is 0.582. The van der Waals surface area contributed by atoms with E-state index in [1.165, 1.54) is 35.5 Å². The van der Waals surface area contributed by atoms with Gasteiger partial charge in [0.2, 0.25) is 0 Å². The Kier molecular flexibility index (Phi) is 7.20. The van der Waals surface area contributed by atoms with Crippen LogP contribution in [0.3, 0.4) is 0 Å². The standard InChI is InChI=1S/C10H16N.C5H7.Ru/c1-3-5-9-7-11-8-10(9)6-4-2;1-3-5-4-2;/h7,11H,3-6H2,1-2H3;1,3-5H,2H3;. The van der Waals surface area contributed by atoms with Gasteiger partial charge >= 0.3 is 113 Å². The van der Waals surface area contributed by atoms with Crippen LogP contribution in [0.1, 0.15) is 44.7 Å². The fourth-order valence-corrected chi connectivity index (χ4v) is 3.52. The van der Waals surface area contributed by atoms with Crippen molar-refractivity contribution in [2.75, 3.05) is 0 Å². The zero-order valence-electron chi connectivity index (χ0n) is 11.1. The van der Waals surface area contributed by atoms with Crippen molar-refractivity contribution in [2.24, 2.45) is 0 Å². The second-order valence-electron chi connectivity index (χ2n) is 4.03. The summed E-state index contributed by atoms with van der Waals surface area (Å²) in [6.45, 7) is 6.57. The molecule has 0 unspecified atom stereocenters. The molecule has 0 aliphatic carbocycles. The van der Waals surface area contributed by atoms with Gasteiger partial charge in [0.25, 0.3) is 0 Å². The van der Waals surface area contributed by atoms with E-state index in [0.717, 1.165) is 0 Å². The van der Waals surface area contributed by atoms with E-state index < -0.39 is 0 Å². The summed E-state index contributed by atoms with van der Waals surface area (Å²) in [7, 11) is 0. The maximum absolute atomic E-state index is 3.49. The van der Waals surface area contributed by atoms with E-state index in [4.69, 9.17) is 0 Å². The average molecular weight is 318 g/mol. The van der Waals surface area contributed by atoms with E-state index in [-0.39, 0.29) is 17.1 Å². The molecule has 1 aromatic rings. The van der Waals surface area contributed by atoms with Crippen molar-refractivity contribution in [2.45, 2.75) is 46.5 Å². The van der Waals surface area contributed by atoms with Gasteiger partial charge in [0.1, 0.15) is 0 Å². The summed E-state index contributed by atoms with van der Waals surface area (Å²) in [5.41, 5.74) is 3.13. The molecule has 0 atom stereocenters. The Labute approximate surface area is 113 Å². The molecule has 1 N–H and O–H groups in total. The molecule has 0 saturated heterocycles. The Morgan fingerprint density at radius 3 is 2.59 bits per heavy atom. The van der Waals surface area contributed by atoms with Crippen LogP contribution in [0, 0.1) is 0 Å². The van der Waals surface area contributed by atoms with Gasteiger partial charge < -0.3 is 0 Å². The summed E-state index contributed by atoms with van der Waals surface area (Å²) >= 11 is 0.187. The van der Waals surface area contributed by atoms with Crippen molar-refractivity contribution in [3.05, 3.63) is 40.2 Å². The molecule has 1 heterocycles. The van der Waals surface area contributed by atoms with Gasteiger partial charge in [0, 0.05) is 0 Å². The third kappa shape index (κ3) is 4.63. The van der Waals surface area contributed by atoms with Gasteiger partial charge in [0.15, 0.2) is 0 Å². The normalized spacial score (nSPS) is 12.2. The number of allylic oxidation sites excluding steroid dienone is 3. The third-order valence-corrected chi connectivity index (χ3v) is 4.47. The van der Waals surface area contributed by atoms with Gasteiger partial charge in [-0.3, -0.25) is 0 Å². The molecule has 1 nitrogen and oxygen atoms in total. The van der Waals surface area contributed by atoms with Gasteiger partial charge in [-0.15, -0.1) is 0 Å². The number of aryl methyl sites for hydroxylation is 1. The molecule has 0 bridgehead atoms. The SMILES string of the molecule is CC=CC=[CH][Ru][c]1[nH]cc(CCC)c1CCC. The van der Waals surface area contributed by atoms with Crippen LogP contribution in [0.2, 0.25) is 0 Å². The molecule has 1 rings (SSSR count). The molecule has 0 saturated carbocycles. The van der Waals surface area contributed by atoms with Crippen molar-refractivity contribution >= 4 is 4.29 Å². The molecule has 0 radical (unpaired) electrons. The monoisotopic (exact) mass is 319 g/mol. The molecule has 17 heavy (non-hydrogen) atoms. The van der Waals surface area contributed by atoms with Crippen LogP contribution in [-0.2, 0) is 30.0 Å². The summed E-state index contributed by atoms with van der Waals surface area (Å²) in [5, 5.41) is 0. The van der Waals surface area contributed by atoms with Crippen molar-refractivity contribution in [1.82, 2.24) is 4.98 Å². The summed E-state index contributed by atoms with van der Waals surface area (Å²) < 4.78 is 3.80. The first-order chi connectivity index (χ1) is 8.33. The van der Waals surface area contributed by atoms with Crippen LogP contribution in [-0.4, -0.2) is 4.98 Å². The Hall–Kier alpha value is -0.617. The molecule has 0 aliphatic rings. The Bertz CT molecular complexity index is 374. The van der Waals surface area contributed by atoms with Gasteiger partial charge in [0.05, 0.1) is 0 Å². The van der Waals surface area contributed by atoms with Crippen LogP contribution >= 0.6 is 0 Å². The summed E-state index contributed by atoms with van der Waals surface area (Å²) in [6, 6.07) is 0. The van der Waals surface area contributed by atoms with E-state index >= 15 is 0 Å². The topological polar surface area (TPSA) is 15.8 Å². The van der Waals surface area contributed by atoms with Crippen molar-refractivity contribution in [3.63, 3.8) is 0 Å². The first-order valence-corrected chi connectivity index (χ1v) is 8.28. The summed E-state index contributed by atoms with van der Waals surface area (Å²) in [4.78, 5) is 3.49. The summed E-state index contributed by atoms with van der Waals surface area (Å²) in [5.74, 6) is 0. The van der Waals surface area contributed by atoms with Gasteiger partial charge in [-0.1, -0.05) is 0 Å². The van der Waals surface area contributed by atoms with Crippen molar-refractivity contribution < 1.29 is 17.1 Å². The first kappa shape index (κ1) is 14.4. The minimum absolute atomic E-state index is 0.187. The third-order valence-electron chi connectivity index (χ3n) is 2.57. The van der Waals surface area contributed by atoms with Crippen molar-refractivity contribution in [1.29, 1.82) is 0 Å². The van der Waals surface area contributed by atoms with Gasteiger partial charge in [-0.25, -0.2) is 0 Å². The molecular formula is C15H23NRu. The Morgan fingerprint density at radius 2 is 1.94 bits per heavy atom. The molecule has 0 amide bonds. The fourth-order valence-electron chi connectivity index (χ4n) is 1.80. The van der Waals surface area contributed by atoms with Crippen molar-refractivity contribution in [3.8, 4) is 0 Å². The Balaban J connectivity index is 2.76. The van der Waals surface area contributed by atoms with Crippen LogP contribution in [0.5, 0.6) is 0 Å². The van der Waals surface area contributed by atoms with Crippen LogP contribution in [0.4, 0.5) is 0 Å². The molecule has 0 spiro atoms. The first-order valence-electron chi connectivity index (χ1n) is 6.41. The number of hydrogen-bond donors (Lipinski definition) is 1. The minimum atomic E-state index is 0.187. The maximum atomic E-state index is 3.49. The zero-order chi connectivity index (χ0) is 12.5. The second kappa shape index (κ2) is 8.47. The van der Waals surface area contributed by atoms with Crippen LogP contribution in [0.25, 0.3) is 0 Å². The second-order valence-corrected chi connectivity index (χ2v) is 5.98. The number of H-pyrrole nitrogens is 1. The number of aromatic nitrogens is 1. The molecule has 96 valence electrons. The molecule has 0 aliphatic heterocycles. The average Bonchev–Trinajstić information content (AvgIpc) is 2.69. The predicted octanol–water partition coefficient (Wildman–Crippen LogP) is 3.72. The van der Waals surface area contributed by atoms with Crippen LogP contribution in [0.15, 0.2) is 29.1 Å². The molecule has 0 fully saturated rings. The van der Waals surface area contributed by atoms with E-state index in [1.807, 2.05) is 0 Å². The zero-order valence-corrected chi connectivity index (χ0v) is 12.8. The van der Waals surface area contributed by atoms with Gasteiger partial charge in [-0.2, -0.15) is 0 Å². The van der Waals surface area contributed by atoms with E-state index in [2.05, 4.69) is 54.9 Å². The summed E-state index contributed by atoms with van der Waals surface area (Å²) in [6.07, 6.45) is 13.5. The predicted molar refractivity (Wildman–Crippen MR) is 72.4 cm³/mol. The molecule has 2 heteroatoms. The fraction of sp³-hybridized carbons (Fsp3) is 0.467. The molecular weight excluding hydrogens is 295 g/mol. The Morgan fingerprint density at radius 1 is 1.18 bits per heavy atom. The van der Waals surface area contributed by atoms with E-state index in [1.54, 1.807) is 5.56 Å². The van der Waals surface area contributed by atoms with E-state index in [0.29, 0.717) is 0 Å². The van der Waals surface area contributed by atoms with Gasteiger partial charge in [-0.05, 0) is 0 Å². The molecule has 0 aromatic carbocycles. The van der Waals surface area contributed by atoms with E-state index in [9.17, 15) is 0 Å². The number of aromatic amines is 1. The van der Waals surface area contributed by atoms with Crippen LogP contribution < -0.4 is 4.29 Å². The number of nitrogens with one attached hydrogen (secondary N) is 1.